The Kier molecular flexibility index (Phi) is 12.5. The number of benzene rings is 2. The number of aliphatic carboxylic acids is 1. The molecule has 0 bridgehead atoms. The van der Waals surface area contributed by atoms with E-state index in [1.54, 1.807) is 36.4 Å². The first-order chi connectivity index (χ1) is 15.9. The number of carboxylic acid groups (broad SMARTS) is 1. The van der Waals surface area contributed by atoms with Gasteiger partial charge in [-0.05, 0) is 73.4 Å². The Morgan fingerprint density at radius 1 is 1.06 bits per heavy atom. The van der Waals surface area contributed by atoms with Gasteiger partial charge in [-0.1, -0.05) is 41.4 Å². The minimum Gasteiger partial charge on any atom is -0.545 e. The predicted octanol–water partition coefficient (Wildman–Crippen LogP) is 2.99. The number of carbonyl (C=O) groups is 1. The maximum atomic E-state index is 13.0. The summed E-state index contributed by atoms with van der Waals surface area (Å²) in [7, 11) is 0. The molecule has 0 saturated heterocycles. The number of nitrogens with zero attached hydrogens (tertiary/aromatic N) is 1. The number of unbranched alkanes of at least 4 members (excludes halogenated alkanes) is 1. The van der Waals surface area contributed by atoms with Gasteiger partial charge in [-0.25, -0.2) is 9.37 Å². The third-order valence-electron chi connectivity index (χ3n) is 4.63. The van der Waals surface area contributed by atoms with Gasteiger partial charge in [0.1, 0.15) is 17.3 Å². The van der Waals surface area contributed by atoms with Crippen LogP contribution in [-0.2, 0) is 17.0 Å². The van der Waals surface area contributed by atoms with Crippen LogP contribution in [0.5, 0.6) is 5.75 Å². The van der Waals surface area contributed by atoms with Gasteiger partial charge in [0.05, 0.1) is 28.3 Å². The van der Waals surface area contributed by atoms with E-state index in [-0.39, 0.29) is 35.4 Å². The number of halogens is 3. The Morgan fingerprint density at radius 3 is 2.44 bits per heavy atom. The summed E-state index contributed by atoms with van der Waals surface area (Å²) in [6.45, 7) is 0.443. The predicted molar refractivity (Wildman–Crippen MR) is 129 cm³/mol. The molecule has 0 amide bonds. The van der Waals surface area contributed by atoms with Crippen molar-refractivity contribution in [1.29, 1.82) is 0 Å². The summed E-state index contributed by atoms with van der Waals surface area (Å²) in [4.78, 5) is 16.2. The van der Waals surface area contributed by atoms with Gasteiger partial charge < -0.3 is 14.6 Å². The number of hydrogen-bond donors (Lipinski definition) is 0. The fraction of sp³-hybridized carbons (Fsp3) is 0.200. The first-order valence-corrected chi connectivity index (χ1v) is 12.0. The van der Waals surface area contributed by atoms with E-state index in [1.807, 2.05) is 6.07 Å². The normalized spacial score (nSPS) is 10.8. The van der Waals surface area contributed by atoms with Crippen LogP contribution in [0.2, 0.25) is 10.0 Å². The number of aryl methyl sites for hydroxylation is 1. The van der Waals surface area contributed by atoms with E-state index in [0.717, 1.165) is 41.5 Å². The molecule has 1 heterocycles. The van der Waals surface area contributed by atoms with Gasteiger partial charge in [-0.3, -0.25) is 0 Å². The summed E-state index contributed by atoms with van der Waals surface area (Å²) in [5.41, 5.74) is 2.19. The van der Waals surface area contributed by atoms with E-state index in [0.29, 0.717) is 33.8 Å². The molecule has 0 atom stereocenters. The Balaban J connectivity index is 0.00000408. The molecule has 0 unspecified atom stereocenters. The van der Waals surface area contributed by atoms with Gasteiger partial charge in [-0.2, -0.15) is 0 Å². The fourth-order valence-electron chi connectivity index (χ4n) is 3.00. The van der Waals surface area contributed by atoms with Gasteiger partial charge in [0.2, 0.25) is 0 Å². The molecule has 2 aromatic carbocycles. The van der Waals surface area contributed by atoms with Crippen LogP contribution >= 0.6 is 35.0 Å². The Hall–Kier alpha value is -1.54. The minimum absolute atomic E-state index is 0. The average Bonchev–Trinajstić information content (AvgIpc) is 2.79. The number of carbonyl (C=O) groups excluding carboxylic acids is 1. The quantitative estimate of drug-likeness (QED) is 0.166. The molecule has 172 valence electrons. The summed E-state index contributed by atoms with van der Waals surface area (Å²) in [5, 5.41) is 12.0. The largest absolute Gasteiger partial charge is 1.00 e. The van der Waals surface area contributed by atoms with Gasteiger partial charge in [0.15, 0.2) is 0 Å². The van der Waals surface area contributed by atoms with Crippen molar-refractivity contribution < 1.29 is 48.6 Å². The summed E-state index contributed by atoms with van der Waals surface area (Å²) in [5.74, 6) is -0.583. The maximum absolute atomic E-state index is 13.0. The fourth-order valence-corrected chi connectivity index (χ4v) is 4.59. The number of ether oxygens (including phenoxy) is 1. The number of carboxylic acids is 1. The van der Waals surface area contributed by atoms with Gasteiger partial charge in [-0.15, -0.1) is 11.8 Å². The van der Waals surface area contributed by atoms with E-state index in [9.17, 15) is 14.3 Å². The molecule has 9 heteroatoms. The zero-order chi connectivity index (χ0) is 23.6. The van der Waals surface area contributed by atoms with Crippen LogP contribution in [0, 0.1) is 5.82 Å². The molecule has 0 aliphatic heterocycles. The van der Waals surface area contributed by atoms with Crippen LogP contribution < -0.4 is 39.4 Å². The molecular weight excluding hydrogens is 507 g/mol. The minimum atomic E-state index is -1.32. The van der Waals surface area contributed by atoms with Crippen molar-refractivity contribution in [3.05, 3.63) is 93.5 Å². The van der Waals surface area contributed by atoms with Crippen LogP contribution in [-0.4, -0.2) is 17.6 Å². The van der Waals surface area contributed by atoms with Crippen LogP contribution in [0.25, 0.3) is 6.08 Å². The summed E-state index contributed by atoms with van der Waals surface area (Å²) < 4.78 is 18.8. The molecule has 0 radical (unpaired) electrons. The molecule has 3 aromatic rings. The van der Waals surface area contributed by atoms with Crippen LogP contribution in [0.4, 0.5) is 4.39 Å². The molecule has 34 heavy (non-hydrogen) atoms. The maximum Gasteiger partial charge on any atom is 1.00 e. The number of thioether (sulfide) groups is 1. The first kappa shape index (κ1) is 28.7. The molecule has 0 aliphatic rings. The standard InChI is InChI=1S/C25H22Cl2FNO3S.Na/c26-20-5-3-6-21(27)25(20)33-16-19-11-13-23(22(29-19)12-14-24(30)31)32-15-2-1-4-17-7-9-18(28)10-8-17;/h3,5-14H,1-2,4,15-16H2,(H,30,31);/q;+1/p-1. The third-order valence-corrected chi connectivity index (χ3v) is 6.66. The molecule has 0 aliphatic carbocycles. The molecule has 0 N–H and O–H groups in total. The van der Waals surface area contributed by atoms with E-state index in [4.69, 9.17) is 27.9 Å². The third kappa shape index (κ3) is 9.25. The van der Waals surface area contributed by atoms with E-state index in [1.165, 1.54) is 30.0 Å². The van der Waals surface area contributed by atoms with Crippen molar-refractivity contribution in [2.45, 2.75) is 29.9 Å². The second-order valence-corrected chi connectivity index (χ2v) is 8.91. The molecule has 4 nitrogen and oxygen atoms in total. The Bertz CT molecular complexity index is 1110. The molecular formula is C25H21Cl2FNNaO3S. The van der Waals surface area contributed by atoms with E-state index >= 15 is 0 Å². The average molecular weight is 528 g/mol. The monoisotopic (exact) mass is 527 g/mol. The zero-order valence-electron chi connectivity index (χ0n) is 18.6. The number of rotatable bonds is 11. The number of pyridine rings is 1. The molecule has 0 saturated carbocycles. The van der Waals surface area contributed by atoms with Crippen LogP contribution in [0.15, 0.2) is 65.6 Å². The van der Waals surface area contributed by atoms with Crippen molar-refractivity contribution >= 4 is 47.0 Å². The number of hydrogen-bond acceptors (Lipinski definition) is 5. The van der Waals surface area contributed by atoms with E-state index in [2.05, 4.69) is 4.98 Å². The SMILES string of the molecule is O=C([O-])C=Cc1nc(CSc2c(Cl)cccc2Cl)ccc1OCCCCc1ccc(F)cc1.[Na+]. The van der Waals surface area contributed by atoms with Gasteiger partial charge >= 0.3 is 29.6 Å². The van der Waals surface area contributed by atoms with Crippen molar-refractivity contribution in [2.75, 3.05) is 6.61 Å². The molecule has 3 rings (SSSR count). The van der Waals surface area contributed by atoms with Gasteiger partial charge in [0.25, 0.3) is 0 Å². The summed E-state index contributed by atoms with van der Waals surface area (Å²) >= 11 is 13.9. The molecule has 1 aromatic heterocycles. The van der Waals surface area contributed by atoms with Crippen LogP contribution in [0.1, 0.15) is 29.8 Å². The smallest absolute Gasteiger partial charge is 0.545 e. The second kappa shape index (κ2) is 14.8. The zero-order valence-corrected chi connectivity index (χ0v) is 22.9. The van der Waals surface area contributed by atoms with Crippen molar-refractivity contribution in [2.24, 2.45) is 0 Å². The molecule has 0 spiro atoms. The second-order valence-electron chi connectivity index (χ2n) is 7.11. The summed E-state index contributed by atoms with van der Waals surface area (Å²) in [6, 6.07) is 15.4. The summed E-state index contributed by atoms with van der Waals surface area (Å²) in [6.07, 6.45) is 4.76. The Labute approximate surface area is 234 Å². The molecule has 0 fully saturated rings. The van der Waals surface area contributed by atoms with E-state index < -0.39 is 5.97 Å². The van der Waals surface area contributed by atoms with Crippen molar-refractivity contribution in [1.82, 2.24) is 4.98 Å². The van der Waals surface area contributed by atoms with Crippen LogP contribution in [0.3, 0.4) is 0 Å². The Morgan fingerprint density at radius 2 is 1.76 bits per heavy atom. The first-order valence-electron chi connectivity index (χ1n) is 10.3. The van der Waals surface area contributed by atoms with Gasteiger partial charge in [0, 0.05) is 10.6 Å². The number of aromatic nitrogens is 1. The topological polar surface area (TPSA) is 62.2 Å². The van der Waals surface area contributed by atoms with Crippen molar-refractivity contribution in [3.63, 3.8) is 0 Å². The van der Waals surface area contributed by atoms with Crippen molar-refractivity contribution in [3.8, 4) is 5.75 Å².